The van der Waals surface area contributed by atoms with Crippen molar-refractivity contribution in [1.82, 2.24) is 5.32 Å². The number of hydrogen-bond acceptors (Lipinski definition) is 8. The Balaban J connectivity index is 1.47. The highest BCUT2D eigenvalue weighted by Gasteiger charge is 2.63. The molecule has 42 heavy (non-hydrogen) atoms. The van der Waals surface area contributed by atoms with Crippen LogP contribution in [0.15, 0.2) is 83.7 Å². The van der Waals surface area contributed by atoms with Gasteiger partial charge in [-0.2, -0.15) is 0 Å². The van der Waals surface area contributed by atoms with Crippen molar-refractivity contribution in [3.63, 3.8) is 0 Å². The third kappa shape index (κ3) is 4.01. The summed E-state index contributed by atoms with van der Waals surface area (Å²) < 4.78 is 22.2. The number of halogens is 1. The number of methoxy groups -OCH3 is 3. The van der Waals surface area contributed by atoms with Crippen LogP contribution in [-0.2, 0) is 14.3 Å². The lowest BCUT2D eigenvalue weighted by Gasteiger charge is -2.41. The van der Waals surface area contributed by atoms with E-state index >= 15 is 0 Å². The Bertz CT molecular complexity index is 1690. The Hall–Kier alpha value is -4.56. The number of esters is 1. The monoisotopic (exact) mass is 585 g/mol. The summed E-state index contributed by atoms with van der Waals surface area (Å²) in [7, 11) is 4.17. The largest absolute Gasteiger partial charge is 0.496 e. The predicted octanol–water partition coefficient (Wildman–Crippen LogP) is 5.65. The van der Waals surface area contributed by atoms with E-state index in [4.69, 9.17) is 30.5 Å². The Kier molecular flexibility index (Phi) is 6.81. The van der Waals surface area contributed by atoms with E-state index in [1.54, 1.807) is 13.0 Å². The van der Waals surface area contributed by atoms with Crippen molar-refractivity contribution in [2.24, 2.45) is 5.92 Å². The van der Waals surface area contributed by atoms with Gasteiger partial charge in [0, 0.05) is 29.2 Å². The average Bonchev–Trinajstić information content (AvgIpc) is 3.34. The van der Waals surface area contributed by atoms with Crippen molar-refractivity contribution in [2.75, 3.05) is 21.3 Å². The van der Waals surface area contributed by atoms with Gasteiger partial charge >= 0.3 is 5.97 Å². The summed E-state index contributed by atoms with van der Waals surface area (Å²) in [6.07, 6.45) is 1.91. The van der Waals surface area contributed by atoms with E-state index in [1.165, 1.54) is 27.4 Å². The van der Waals surface area contributed by atoms with Gasteiger partial charge in [-0.15, -0.1) is 0 Å². The second-order valence-corrected chi connectivity index (χ2v) is 10.8. The summed E-state index contributed by atoms with van der Waals surface area (Å²) in [6.45, 7) is 1.77. The number of Topliss-reactive ketones (excluding diaryl/α,β-unsaturated/α-hetero) is 2. The molecule has 1 spiro atoms. The van der Waals surface area contributed by atoms with Crippen LogP contribution in [-0.4, -0.2) is 44.5 Å². The highest BCUT2D eigenvalue weighted by molar-refractivity contribution is 6.36. The van der Waals surface area contributed by atoms with Crippen molar-refractivity contribution in [3.8, 4) is 28.4 Å². The first-order chi connectivity index (χ1) is 20.2. The van der Waals surface area contributed by atoms with Crippen LogP contribution in [0.3, 0.4) is 0 Å². The second-order valence-electron chi connectivity index (χ2n) is 10.5. The van der Waals surface area contributed by atoms with Crippen molar-refractivity contribution >= 4 is 29.1 Å². The molecule has 2 heterocycles. The van der Waals surface area contributed by atoms with Crippen molar-refractivity contribution in [2.45, 2.75) is 24.9 Å². The molecule has 214 valence electrons. The van der Waals surface area contributed by atoms with E-state index in [9.17, 15) is 14.4 Å². The summed E-state index contributed by atoms with van der Waals surface area (Å²) in [5.74, 6) is -2.32. The number of nitrogens with one attached hydrogen (secondary N) is 1. The molecule has 0 aromatic heterocycles. The molecule has 0 radical (unpaired) electrons. The zero-order valence-electron chi connectivity index (χ0n) is 23.4. The van der Waals surface area contributed by atoms with Crippen LogP contribution >= 0.6 is 11.6 Å². The van der Waals surface area contributed by atoms with Crippen LogP contribution in [0.5, 0.6) is 17.2 Å². The van der Waals surface area contributed by atoms with Gasteiger partial charge in [0.05, 0.1) is 21.3 Å². The fraction of sp³-hybridized carbons (Fsp3) is 0.242. The Morgan fingerprint density at radius 2 is 1.62 bits per heavy atom. The highest BCUT2D eigenvalue weighted by Crippen LogP contribution is 2.55. The van der Waals surface area contributed by atoms with Crippen LogP contribution in [0, 0.1) is 5.92 Å². The number of dihydropyridines is 1. The van der Waals surface area contributed by atoms with Gasteiger partial charge in [-0.3, -0.25) is 9.59 Å². The van der Waals surface area contributed by atoms with Crippen molar-refractivity contribution < 1.29 is 33.3 Å². The number of benzene rings is 3. The van der Waals surface area contributed by atoms with Gasteiger partial charge in [-0.25, -0.2) is 4.79 Å². The SMILES string of the molecule is COC(=O)C1=C[C@H](c2ccc(-c3ccccc3)cc2)C2=C(C[C@@H](C)[C@]3(Oc4c(Cl)c(OC)cc(OC)c4C3=O)C2=O)N1. The topological polar surface area (TPSA) is 100 Å². The molecule has 0 saturated carbocycles. The molecule has 0 unspecified atom stereocenters. The average molecular weight is 586 g/mol. The maximum absolute atomic E-state index is 14.7. The molecule has 6 rings (SSSR count). The number of rotatable bonds is 5. The summed E-state index contributed by atoms with van der Waals surface area (Å²) in [5, 5.41) is 3.19. The Morgan fingerprint density at radius 3 is 2.26 bits per heavy atom. The Morgan fingerprint density at radius 1 is 0.952 bits per heavy atom. The van der Waals surface area contributed by atoms with Crippen LogP contribution in [0.2, 0.25) is 5.02 Å². The van der Waals surface area contributed by atoms with Gasteiger partial charge in [0.15, 0.2) is 5.75 Å². The van der Waals surface area contributed by atoms with E-state index in [1.807, 2.05) is 54.6 Å². The van der Waals surface area contributed by atoms with Crippen molar-refractivity contribution in [1.29, 1.82) is 0 Å². The molecular formula is C33H28ClNO7. The smallest absolute Gasteiger partial charge is 0.354 e. The zero-order valence-corrected chi connectivity index (χ0v) is 24.2. The molecule has 1 aliphatic carbocycles. The maximum atomic E-state index is 14.7. The first kappa shape index (κ1) is 27.6. The quantitative estimate of drug-likeness (QED) is 0.303. The molecule has 2 aliphatic heterocycles. The van der Waals surface area contributed by atoms with Crippen LogP contribution in [0.25, 0.3) is 11.1 Å². The van der Waals surface area contributed by atoms with Crippen molar-refractivity contribution in [3.05, 3.63) is 99.9 Å². The van der Waals surface area contributed by atoms with E-state index in [0.717, 1.165) is 16.7 Å². The minimum atomic E-state index is -1.87. The first-order valence-electron chi connectivity index (χ1n) is 13.4. The van der Waals surface area contributed by atoms with Gasteiger partial charge < -0.3 is 24.3 Å². The lowest BCUT2D eigenvalue weighted by atomic mass is 9.67. The van der Waals surface area contributed by atoms with Gasteiger partial charge in [0.2, 0.25) is 17.2 Å². The maximum Gasteiger partial charge on any atom is 0.354 e. The zero-order chi connectivity index (χ0) is 29.8. The third-order valence-electron chi connectivity index (χ3n) is 8.24. The van der Waals surface area contributed by atoms with Crippen LogP contribution in [0.1, 0.15) is 35.2 Å². The summed E-state index contributed by atoms with van der Waals surface area (Å²) in [4.78, 5) is 41.5. The second kappa shape index (κ2) is 10.4. The first-order valence-corrected chi connectivity index (χ1v) is 13.8. The summed E-state index contributed by atoms with van der Waals surface area (Å²) in [6, 6.07) is 19.2. The van der Waals surface area contributed by atoms with E-state index in [-0.39, 0.29) is 40.0 Å². The van der Waals surface area contributed by atoms with Gasteiger partial charge in [-0.05, 0) is 29.2 Å². The molecule has 9 heteroatoms. The molecule has 3 aromatic rings. The van der Waals surface area contributed by atoms with Gasteiger partial charge in [0.25, 0.3) is 0 Å². The summed E-state index contributed by atoms with van der Waals surface area (Å²) >= 11 is 6.59. The van der Waals surface area contributed by atoms with E-state index < -0.39 is 35.0 Å². The molecule has 0 amide bonds. The number of fused-ring (bicyclic) bond motifs is 1. The number of carbonyl (C=O) groups excluding carboxylic acids is 3. The third-order valence-corrected chi connectivity index (χ3v) is 8.60. The lowest BCUT2D eigenvalue weighted by molar-refractivity contribution is -0.137. The van der Waals surface area contributed by atoms with Gasteiger partial charge in [0.1, 0.15) is 27.8 Å². The highest BCUT2D eigenvalue weighted by atomic mass is 35.5. The van der Waals surface area contributed by atoms with E-state index in [0.29, 0.717) is 11.3 Å². The van der Waals surface area contributed by atoms with Crippen LogP contribution in [0.4, 0.5) is 0 Å². The van der Waals surface area contributed by atoms with E-state index in [2.05, 4.69) is 5.32 Å². The Labute approximate surface area is 247 Å². The molecule has 0 saturated heterocycles. The molecular weight excluding hydrogens is 558 g/mol. The normalized spacial score (nSPS) is 22.5. The molecule has 0 fully saturated rings. The molecule has 3 aliphatic rings. The van der Waals surface area contributed by atoms with Gasteiger partial charge in [-0.1, -0.05) is 73.1 Å². The molecule has 0 bridgehead atoms. The fourth-order valence-corrected chi connectivity index (χ4v) is 6.37. The number of hydrogen-bond donors (Lipinski definition) is 1. The molecule has 8 nitrogen and oxygen atoms in total. The minimum Gasteiger partial charge on any atom is -0.496 e. The molecule has 3 aromatic carbocycles. The van der Waals surface area contributed by atoms with Crippen LogP contribution < -0.4 is 19.5 Å². The predicted molar refractivity (Wildman–Crippen MR) is 156 cm³/mol. The molecule has 1 N–H and O–H groups in total. The number of ether oxygens (including phenoxy) is 4. The number of allylic oxidation sites excluding steroid dienone is 2. The standard InChI is InChI=1S/C33H28ClNO7/c1-17-14-22-26(30(36)33(17)31(37)27-24(39-2)16-25(40-3)28(34)29(27)42-33)21(15-23(35-22)32(38)41-4)20-12-10-19(11-13-20)18-8-6-5-7-9-18/h5-13,15-17,21,35H,14H2,1-4H3/t17-,21-,33+/m1/s1. The fourth-order valence-electron chi connectivity index (χ4n) is 6.10. The summed E-state index contributed by atoms with van der Waals surface area (Å²) in [5.41, 5.74) is 2.16. The lowest BCUT2D eigenvalue weighted by Crippen LogP contribution is -2.58. The minimum absolute atomic E-state index is 0.0560. The number of carbonyl (C=O) groups is 3. The molecule has 3 atom stereocenters. The number of ketones is 2.